The number of ketones is 1. The van der Waals surface area contributed by atoms with E-state index in [-0.39, 0.29) is 5.78 Å². The highest BCUT2D eigenvalue weighted by Crippen LogP contribution is 2.26. The van der Waals surface area contributed by atoms with Crippen molar-refractivity contribution in [1.29, 1.82) is 0 Å². The highest BCUT2D eigenvalue weighted by Gasteiger charge is 2.02. The molecule has 1 nitrogen and oxygen atoms in total. The first-order valence-corrected chi connectivity index (χ1v) is 7.32. The van der Waals surface area contributed by atoms with E-state index in [0.717, 1.165) is 11.1 Å². The summed E-state index contributed by atoms with van der Waals surface area (Å²) in [6.45, 7) is 5.98. The fourth-order valence-electron chi connectivity index (χ4n) is 1.90. The van der Waals surface area contributed by atoms with Gasteiger partial charge in [-0.1, -0.05) is 50.2 Å². The highest BCUT2D eigenvalue weighted by atomic mass is 32.2. The Bertz CT molecular complexity index is 553. The third-order valence-corrected chi connectivity index (χ3v) is 3.87. The van der Waals surface area contributed by atoms with Crippen LogP contribution in [-0.4, -0.2) is 11.0 Å². The van der Waals surface area contributed by atoms with Crippen molar-refractivity contribution in [3.63, 3.8) is 0 Å². The molecule has 0 heterocycles. The minimum atomic E-state index is 0.107. The van der Waals surface area contributed by atoms with Gasteiger partial charge >= 0.3 is 0 Å². The Morgan fingerprint density at radius 1 is 0.895 bits per heavy atom. The Kier molecular flexibility index (Phi) is 4.43. The Morgan fingerprint density at radius 2 is 1.37 bits per heavy atom. The lowest BCUT2D eigenvalue weighted by Crippen LogP contribution is -1.90. The van der Waals surface area contributed by atoms with Crippen LogP contribution in [0.5, 0.6) is 0 Å². The molecule has 0 N–H and O–H groups in total. The molecule has 2 aromatic rings. The number of thioether (sulfide) groups is 1. The van der Waals surface area contributed by atoms with Crippen LogP contribution in [0.3, 0.4) is 0 Å². The van der Waals surface area contributed by atoms with Gasteiger partial charge in [0.05, 0.1) is 0 Å². The Balaban J connectivity index is 2.19. The maximum absolute atomic E-state index is 11.2. The van der Waals surface area contributed by atoms with Crippen LogP contribution in [0.25, 0.3) is 11.1 Å². The molecule has 0 saturated carbocycles. The van der Waals surface area contributed by atoms with Crippen LogP contribution < -0.4 is 0 Å². The molecule has 0 radical (unpaired) electrons. The Morgan fingerprint density at radius 3 is 1.79 bits per heavy atom. The fourth-order valence-corrected chi connectivity index (χ4v) is 2.73. The summed E-state index contributed by atoms with van der Waals surface area (Å²) in [5.41, 5.74) is 3.09. The van der Waals surface area contributed by atoms with Gasteiger partial charge in [-0.2, -0.15) is 0 Å². The SMILES string of the molecule is CC(=O)c1ccc(-c2ccc(SC(C)C)cc2)cc1. The zero-order chi connectivity index (χ0) is 13.8. The van der Waals surface area contributed by atoms with Crippen LogP contribution in [0, 0.1) is 0 Å². The van der Waals surface area contributed by atoms with Crippen molar-refractivity contribution >= 4 is 17.5 Å². The number of Topliss-reactive ketones (excluding diaryl/α,β-unsaturated/α-hetero) is 1. The van der Waals surface area contributed by atoms with Crippen LogP contribution in [0.2, 0.25) is 0 Å². The van der Waals surface area contributed by atoms with E-state index in [1.807, 2.05) is 36.0 Å². The standard InChI is InChI=1S/C17H18OS/c1-12(2)19-17-10-8-16(9-11-17)15-6-4-14(5-7-15)13(3)18/h4-12H,1-3H3. The minimum Gasteiger partial charge on any atom is -0.295 e. The number of benzene rings is 2. The van der Waals surface area contributed by atoms with E-state index in [9.17, 15) is 4.79 Å². The van der Waals surface area contributed by atoms with Crippen LogP contribution in [0.15, 0.2) is 53.4 Å². The average molecular weight is 270 g/mol. The average Bonchev–Trinajstić information content (AvgIpc) is 2.39. The van der Waals surface area contributed by atoms with Gasteiger partial charge in [0, 0.05) is 15.7 Å². The molecule has 0 atom stereocenters. The van der Waals surface area contributed by atoms with Gasteiger partial charge < -0.3 is 0 Å². The number of hydrogen-bond donors (Lipinski definition) is 0. The summed E-state index contributed by atoms with van der Waals surface area (Å²) in [4.78, 5) is 12.5. The second-order valence-electron chi connectivity index (χ2n) is 4.82. The molecule has 0 amide bonds. The number of carbonyl (C=O) groups is 1. The molecule has 2 heteroatoms. The Labute approximate surface area is 119 Å². The summed E-state index contributed by atoms with van der Waals surface area (Å²) in [5.74, 6) is 0.107. The monoisotopic (exact) mass is 270 g/mol. The molecule has 0 aromatic heterocycles. The van der Waals surface area contributed by atoms with E-state index in [0.29, 0.717) is 5.25 Å². The Hall–Kier alpha value is -1.54. The molecule has 2 aromatic carbocycles. The summed E-state index contributed by atoms with van der Waals surface area (Å²) in [5, 5.41) is 0.598. The first-order valence-electron chi connectivity index (χ1n) is 6.44. The van der Waals surface area contributed by atoms with Gasteiger partial charge in [0.25, 0.3) is 0 Å². The predicted octanol–water partition coefficient (Wildman–Crippen LogP) is 5.06. The van der Waals surface area contributed by atoms with Crippen molar-refractivity contribution < 1.29 is 4.79 Å². The van der Waals surface area contributed by atoms with Gasteiger partial charge in [-0.05, 0) is 30.2 Å². The van der Waals surface area contributed by atoms with E-state index in [2.05, 4.69) is 38.1 Å². The second-order valence-corrected chi connectivity index (χ2v) is 6.47. The van der Waals surface area contributed by atoms with Gasteiger partial charge in [-0.3, -0.25) is 4.79 Å². The van der Waals surface area contributed by atoms with E-state index in [1.165, 1.54) is 10.5 Å². The molecular weight excluding hydrogens is 252 g/mol. The van der Waals surface area contributed by atoms with E-state index in [1.54, 1.807) is 6.92 Å². The largest absolute Gasteiger partial charge is 0.295 e. The van der Waals surface area contributed by atoms with Crippen molar-refractivity contribution in [3.05, 3.63) is 54.1 Å². The van der Waals surface area contributed by atoms with E-state index in [4.69, 9.17) is 0 Å². The summed E-state index contributed by atoms with van der Waals surface area (Å²) in [6, 6.07) is 16.3. The van der Waals surface area contributed by atoms with Crippen LogP contribution >= 0.6 is 11.8 Å². The molecule has 0 aliphatic rings. The zero-order valence-corrected chi connectivity index (χ0v) is 12.3. The summed E-state index contributed by atoms with van der Waals surface area (Å²) >= 11 is 1.86. The molecular formula is C17H18OS. The number of hydrogen-bond acceptors (Lipinski definition) is 2. The number of carbonyl (C=O) groups excluding carboxylic acids is 1. The van der Waals surface area contributed by atoms with Gasteiger partial charge in [-0.25, -0.2) is 0 Å². The maximum Gasteiger partial charge on any atom is 0.159 e. The first-order chi connectivity index (χ1) is 9.06. The third kappa shape index (κ3) is 3.71. The zero-order valence-electron chi connectivity index (χ0n) is 11.5. The van der Waals surface area contributed by atoms with Gasteiger partial charge in [-0.15, -0.1) is 11.8 Å². The summed E-state index contributed by atoms with van der Waals surface area (Å²) in [7, 11) is 0. The van der Waals surface area contributed by atoms with Crippen molar-refractivity contribution in [2.75, 3.05) is 0 Å². The first kappa shape index (κ1) is 13.9. The minimum absolute atomic E-state index is 0.107. The maximum atomic E-state index is 11.2. The summed E-state index contributed by atoms with van der Waals surface area (Å²) < 4.78 is 0. The van der Waals surface area contributed by atoms with Crippen molar-refractivity contribution in [1.82, 2.24) is 0 Å². The lowest BCUT2D eigenvalue weighted by atomic mass is 10.0. The molecule has 0 saturated heterocycles. The van der Waals surface area contributed by atoms with Gasteiger partial charge in [0.2, 0.25) is 0 Å². The van der Waals surface area contributed by atoms with Crippen molar-refractivity contribution in [2.45, 2.75) is 30.9 Å². The van der Waals surface area contributed by atoms with Gasteiger partial charge in [0.1, 0.15) is 0 Å². The predicted molar refractivity (Wildman–Crippen MR) is 82.9 cm³/mol. The van der Waals surface area contributed by atoms with E-state index < -0.39 is 0 Å². The molecule has 0 unspecified atom stereocenters. The quantitative estimate of drug-likeness (QED) is 0.571. The topological polar surface area (TPSA) is 17.1 Å². The number of rotatable bonds is 4. The van der Waals surface area contributed by atoms with Crippen molar-refractivity contribution in [2.24, 2.45) is 0 Å². The van der Waals surface area contributed by atoms with Crippen molar-refractivity contribution in [3.8, 4) is 11.1 Å². The lowest BCUT2D eigenvalue weighted by molar-refractivity contribution is 0.101. The lowest BCUT2D eigenvalue weighted by Gasteiger charge is -2.07. The van der Waals surface area contributed by atoms with Gasteiger partial charge in [0.15, 0.2) is 5.78 Å². The molecule has 19 heavy (non-hydrogen) atoms. The normalized spacial score (nSPS) is 10.7. The summed E-state index contributed by atoms with van der Waals surface area (Å²) in [6.07, 6.45) is 0. The highest BCUT2D eigenvalue weighted by molar-refractivity contribution is 7.99. The van der Waals surface area contributed by atoms with E-state index >= 15 is 0 Å². The van der Waals surface area contributed by atoms with Crippen LogP contribution in [-0.2, 0) is 0 Å². The molecule has 0 spiro atoms. The fraction of sp³-hybridized carbons (Fsp3) is 0.235. The molecule has 98 valence electrons. The molecule has 2 rings (SSSR count). The third-order valence-electron chi connectivity index (χ3n) is 2.85. The van der Waals surface area contributed by atoms with Crippen LogP contribution in [0.4, 0.5) is 0 Å². The molecule has 0 fully saturated rings. The molecule has 0 aliphatic heterocycles. The molecule has 0 bridgehead atoms. The second kappa shape index (κ2) is 6.07. The van der Waals surface area contributed by atoms with Crippen LogP contribution in [0.1, 0.15) is 31.1 Å². The molecule has 0 aliphatic carbocycles. The smallest absolute Gasteiger partial charge is 0.159 e.